The third-order valence-corrected chi connectivity index (χ3v) is 6.50. The lowest BCUT2D eigenvalue weighted by Crippen LogP contribution is -2.49. The highest BCUT2D eigenvalue weighted by Crippen LogP contribution is 2.23. The van der Waals surface area contributed by atoms with Gasteiger partial charge in [-0.05, 0) is 64.6 Å². The Kier molecular flexibility index (Phi) is 8.24. The van der Waals surface area contributed by atoms with Gasteiger partial charge in [-0.3, -0.25) is 4.90 Å². The minimum atomic E-state index is -3.35. The molecule has 3 atom stereocenters. The number of hydrogen-bond acceptors (Lipinski definition) is 6. The molecule has 0 radical (unpaired) electrons. The highest BCUT2D eigenvalue weighted by molar-refractivity contribution is 7.91. The van der Waals surface area contributed by atoms with Crippen LogP contribution in [0.15, 0.2) is 24.3 Å². The van der Waals surface area contributed by atoms with Crippen LogP contribution >= 0.6 is 0 Å². The van der Waals surface area contributed by atoms with Crippen LogP contribution in [0.2, 0.25) is 0 Å². The van der Waals surface area contributed by atoms with Crippen molar-refractivity contribution in [1.29, 1.82) is 0 Å². The van der Waals surface area contributed by atoms with Gasteiger partial charge in [0.15, 0.2) is 9.84 Å². The number of nitrogens with zero attached hydrogens (tertiary/aromatic N) is 1. The third kappa shape index (κ3) is 7.52. The van der Waals surface area contributed by atoms with Crippen LogP contribution in [-0.2, 0) is 21.0 Å². The average Bonchev–Trinajstić information content (AvgIpc) is 3.06. The molecule has 7 nitrogen and oxygen atoms in total. The lowest BCUT2D eigenvalue weighted by Gasteiger charge is -2.30. The van der Waals surface area contributed by atoms with E-state index in [2.05, 4.69) is 10.2 Å². The van der Waals surface area contributed by atoms with Gasteiger partial charge in [0.25, 0.3) is 0 Å². The largest absolute Gasteiger partial charge is 0.444 e. The van der Waals surface area contributed by atoms with E-state index in [0.717, 1.165) is 19.2 Å². The van der Waals surface area contributed by atoms with Crippen LogP contribution in [0, 0.1) is 5.82 Å². The Morgan fingerprint density at radius 1 is 1.37 bits per heavy atom. The number of ether oxygens (including phenoxy) is 1. The van der Waals surface area contributed by atoms with Crippen LogP contribution in [0.1, 0.15) is 45.6 Å². The zero-order valence-corrected chi connectivity index (χ0v) is 19.0. The Labute approximate surface area is 179 Å². The van der Waals surface area contributed by atoms with Crippen molar-refractivity contribution in [3.63, 3.8) is 0 Å². The van der Waals surface area contributed by atoms with Crippen molar-refractivity contribution in [3.8, 4) is 0 Å². The van der Waals surface area contributed by atoms with Gasteiger partial charge < -0.3 is 15.8 Å². The first-order valence-corrected chi connectivity index (χ1v) is 12.2. The van der Waals surface area contributed by atoms with Gasteiger partial charge in [-0.2, -0.15) is 0 Å². The van der Waals surface area contributed by atoms with E-state index < -0.39 is 26.9 Å². The van der Waals surface area contributed by atoms with E-state index >= 15 is 0 Å². The van der Waals surface area contributed by atoms with E-state index in [-0.39, 0.29) is 17.9 Å². The Morgan fingerprint density at radius 2 is 2.03 bits per heavy atom. The first-order chi connectivity index (χ1) is 13.9. The predicted molar refractivity (Wildman–Crippen MR) is 115 cm³/mol. The summed E-state index contributed by atoms with van der Waals surface area (Å²) in [4.78, 5) is 14.4. The number of halogens is 1. The number of likely N-dealkylation sites (tertiary alicyclic amines) is 1. The van der Waals surface area contributed by atoms with Crippen molar-refractivity contribution in [2.75, 3.05) is 19.3 Å². The summed E-state index contributed by atoms with van der Waals surface area (Å²) in [5.74, 6) is -0.327. The maximum atomic E-state index is 14.2. The molecule has 1 saturated heterocycles. The summed E-state index contributed by atoms with van der Waals surface area (Å²) < 4.78 is 43.3. The number of hydrogen-bond donors (Lipinski definition) is 2. The fraction of sp³-hybridized carbons (Fsp3) is 0.667. The molecule has 0 aromatic heterocycles. The second-order valence-electron chi connectivity index (χ2n) is 8.97. The molecule has 2 rings (SSSR count). The second kappa shape index (κ2) is 10.1. The van der Waals surface area contributed by atoms with Crippen molar-refractivity contribution < 1.29 is 22.3 Å². The molecular formula is C21H34FN3O4S. The molecule has 1 heterocycles. The van der Waals surface area contributed by atoms with Crippen molar-refractivity contribution in [2.24, 2.45) is 5.73 Å². The van der Waals surface area contributed by atoms with Gasteiger partial charge in [-0.15, -0.1) is 0 Å². The standard InChI is InChI=1S/C21H34FN3O4S/c1-21(2,3)29-20(26)24-16(14-15-8-5-6-9-17(15)22)11-13-25-12-7-10-18(25)19(23)30(4,27)28/h5-6,8-9,16,18-19H,7,10-14,23H2,1-4H3,(H,24,26)/t16-,18-,19?/m0/s1. The molecule has 0 aliphatic carbocycles. The molecule has 30 heavy (non-hydrogen) atoms. The van der Waals surface area contributed by atoms with Gasteiger partial charge in [0.05, 0.1) is 0 Å². The monoisotopic (exact) mass is 443 g/mol. The zero-order chi connectivity index (χ0) is 22.5. The van der Waals surface area contributed by atoms with Crippen molar-refractivity contribution in [3.05, 3.63) is 35.6 Å². The molecule has 3 N–H and O–H groups in total. The Bertz CT molecular complexity index is 826. The van der Waals surface area contributed by atoms with E-state index in [4.69, 9.17) is 10.5 Å². The highest BCUT2D eigenvalue weighted by Gasteiger charge is 2.35. The summed E-state index contributed by atoms with van der Waals surface area (Å²) in [5, 5.41) is 1.90. The van der Waals surface area contributed by atoms with Gasteiger partial charge in [-0.1, -0.05) is 18.2 Å². The van der Waals surface area contributed by atoms with E-state index in [1.807, 2.05) is 0 Å². The molecule has 9 heteroatoms. The van der Waals surface area contributed by atoms with Crippen molar-refractivity contribution in [2.45, 2.75) is 69.5 Å². The van der Waals surface area contributed by atoms with E-state index in [0.29, 0.717) is 31.4 Å². The molecule has 0 saturated carbocycles. The first-order valence-electron chi connectivity index (χ1n) is 10.3. The predicted octanol–water partition coefficient (Wildman–Crippen LogP) is 2.45. The lowest BCUT2D eigenvalue weighted by atomic mass is 10.0. The molecule has 1 unspecified atom stereocenters. The van der Waals surface area contributed by atoms with Gasteiger partial charge in [0, 0.05) is 24.9 Å². The molecule has 0 spiro atoms. The molecule has 1 aliphatic heterocycles. The fourth-order valence-electron chi connectivity index (χ4n) is 3.74. The molecular weight excluding hydrogens is 409 g/mol. The Hall–Kier alpha value is -1.71. The number of benzene rings is 1. The average molecular weight is 444 g/mol. The summed E-state index contributed by atoms with van der Waals surface area (Å²) in [7, 11) is -3.35. The smallest absolute Gasteiger partial charge is 0.407 e. The van der Waals surface area contributed by atoms with Gasteiger partial charge >= 0.3 is 6.09 Å². The van der Waals surface area contributed by atoms with E-state index in [9.17, 15) is 17.6 Å². The van der Waals surface area contributed by atoms with Crippen LogP contribution in [0.5, 0.6) is 0 Å². The summed E-state index contributed by atoms with van der Waals surface area (Å²) in [6, 6.07) is 5.84. The topological polar surface area (TPSA) is 102 Å². The Balaban J connectivity index is 2.08. The molecule has 170 valence electrons. The van der Waals surface area contributed by atoms with Gasteiger partial charge in [0.2, 0.25) is 0 Å². The first kappa shape index (κ1) is 24.6. The maximum Gasteiger partial charge on any atom is 0.407 e. The summed E-state index contributed by atoms with van der Waals surface area (Å²) in [6.07, 6.45) is 2.99. The summed E-state index contributed by atoms with van der Waals surface area (Å²) in [5.41, 5.74) is 5.84. The quantitative estimate of drug-likeness (QED) is 0.640. The summed E-state index contributed by atoms with van der Waals surface area (Å²) in [6.45, 7) is 6.62. The number of carbonyl (C=O) groups excluding carboxylic acids is 1. The van der Waals surface area contributed by atoms with E-state index in [1.165, 1.54) is 6.07 Å². The molecule has 1 aromatic rings. The van der Waals surface area contributed by atoms with Gasteiger partial charge in [-0.25, -0.2) is 17.6 Å². The van der Waals surface area contributed by atoms with Crippen LogP contribution in [0.3, 0.4) is 0 Å². The maximum absolute atomic E-state index is 14.2. The van der Waals surface area contributed by atoms with Crippen LogP contribution in [0.4, 0.5) is 9.18 Å². The van der Waals surface area contributed by atoms with Crippen LogP contribution in [0.25, 0.3) is 0 Å². The zero-order valence-electron chi connectivity index (χ0n) is 18.2. The molecule has 1 amide bonds. The highest BCUT2D eigenvalue weighted by atomic mass is 32.2. The fourth-order valence-corrected chi connectivity index (χ4v) is 4.62. The van der Waals surface area contributed by atoms with E-state index in [1.54, 1.807) is 39.0 Å². The number of sulfone groups is 1. The molecule has 1 aromatic carbocycles. The lowest BCUT2D eigenvalue weighted by molar-refractivity contribution is 0.0497. The molecule has 0 bridgehead atoms. The number of amides is 1. The second-order valence-corrected chi connectivity index (χ2v) is 11.2. The third-order valence-electron chi connectivity index (χ3n) is 5.20. The Morgan fingerprint density at radius 3 is 2.63 bits per heavy atom. The minimum Gasteiger partial charge on any atom is -0.444 e. The van der Waals surface area contributed by atoms with Crippen molar-refractivity contribution in [1.82, 2.24) is 10.2 Å². The SMILES string of the molecule is CC(C)(C)OC(=O)N[C@@H](CCN1CCC[C@H]1C(N)S(C)(=O)=O)Cc1ccccc1F. The van der Waals surface area contributed by atoms with Crippen LogP contribution in [-0.4, -0.2) is 61.8 Å². The number of nitrogens with one attached hydrogen (secondary N) is 1. The molecule has 1 fully saturated rings. The van der Waals surface area contributed by atoms with Crippen LogP contribution < -0.4 is 11.1 Å². The normalized spacial score (nSPS) is 20.0. The number of rotatable bonds is 8. The van der Waals surface area contributed by atoms with Gasteiger partial charge in [0.1, 0.15) is 16.8 Å². The van der Waals surface area contributed by atoms with Crippen molar-refractivity contribution >= 4 is 15.9 Å². The molecule has 1 aliphatic rings. The minimum absolute atomic E-state index is 0.254. The number of nitrogens with two attached hydrogens (primary N) is 1. The number of alkyl carbamates (subject to hydrolysis) is 1. The summed E-state index contributed by atoms with van der Waals surface area (Å²) >= 11 is 0. The number of carbonyl (C=O) groups is 1.